The number of rotatable bonds is 2. The Morgan fingerprint density at radius 3 is 2.73 bits per heavy atom. The van der Waals surface area contributed by atoms with Crippen LogP contribution in [0.5, 0.6) is 0 Å². The fraction of sp³-hybridized carbons (Fsp3) is 0.350. The van der Waals surface area contributed by atoms with Crippen molar-refractivity contribution in [3.63, 3.8) is 0 Å². The predicted molar refractivity (Wildman–Crippen MR) is 102 cm³/mol. The highest BCUT2D eigenvalue weighted by atomic mass is 16.2. The van der Waals surface area contributed by atoms with E-state index in [1.807, 2.05) is 59.9 Å². The van der Waals surface area contributed by atoms with Crippen LogP contribution in [0.4, 0.5) is 5.69 Å². The van der Waals surface area contributed by atoms with E-state index in [0.717, 1.165) is 49.6 Å². The second kappa shape index (κ2) is 6.78. The van der Waals surface area contributed by atoms with Gasteiger partial charge in [0.1, 0.15) is 5.65 Å². The van der Waals surface area contributed by atoms with Crippen LogP contribution in [0, 0.1) is 13.8 Å². The Balaban J connectivity index is 1.49. The molecule has 0 aromatic carbocycles. The van der Waals surface area contributed by atoms with Crippen molar-refractivity contribution < 1.29 is 4.79 Å². The number of hydrogen-bond donors (Lipinski definition) is 0. The predicted octanol–water partition coefficient (Wildman–Crippen LogP) is 2.70. The number of amides is 1. The molecule has 0 aliphatic carbocycles. The molecule has 6 nitrogen and oxygen atoms in total. The largest absolute Gasteiger partial charge is 0.370 e. The SMILES string of the molecule is Cc1cc(N2CCCN(C(=O)c3ccc4nc(C)cn4c3)CC2)ccn1. The maximum absolute atomic E-state index is 13.0. The molecule has 0 N–H and O–H groups in total. The highest BCUT2D eigenvalue weighted by Crippen LogP contribution is 2.18. The zero-order chi connectivity index (χ0) is 18.1. The molecule has 3 aromatic heterocycles. The van der Waals surface area contributed by atoms with E-state index in [2.05, 4.69) is 20.9 Å². The lowest BCUT2D eigenvalue weighted by atomic mass is 10.2. The van der Waals surface area contributed by atoms with Crippen molar-refractivity contribution in [3.8, 4) is 0 Å². The van der Waals surface area contributed by atoms with Crippen LogP contribution in [0.1, 0.15) is 28.2 Å². The summed E-state index contributed by atoms with van der Waals surface area (Å²) < 4.78 is 1.92. The molecule has 3 aromatic rings. The number of carbonyl (C=O) groups is 1. The molecule has 0 atom stereocenters. The second-order valence-corrected chi connectivity index (χ2v) is 6.85. The van der Waals surface area contributed by atoms with Gasteiger partial charge in [0.05, 0.1) is 11.3 Å². The van der Waals surface area contributed by atoms with E-state index in [-0.39, 0.29) is 5.91 Å². The summed E-state index contributed by atoms with van der Waals surface area (Å²) >= 11 is 0. The molecular formula is C20H23N5O. The van der Waals surface area contributed by atoms with E-state index in [1.165, 1.54) is 5.69 Å². The zero-order valence-electron chi connectivity index (χ0n) is 15.2. The van der Waals surface area contributed by atoms with E-state index >= 15 is 0 Å². The minimum Gasteiger partial charge on any atom is -0.370 e. The van der Waals surface area contributed by atoms with Gasteiger partial charge < -0.3 is 14.2 Å². The van der Waals surface area contributed by atoms with Crippen molar-refractivity contribution in [1.29, 1.82) is 0 Å². The Labute approximate surface area is 153 Å². The maximum atomic E-state index is 13.0. The number of hydrogen-bond acceptors (Lipinski definition) is 4. The quantitative estimate of drug-likeness (QED) is 0.714. The van der Waals surface area contributed by atoms with Crippen LogP contribution in [0.3, 0.4) is 0 Å². The van der Waals surface area contributed by atoms with Crippen molar-refractivity contribution in [2.24, 2.45) is 0 Å². The van der Waals surface area contributed by atoms with Gasteiger partial charge in [0.2, 0.25) is 0 Å². The third-order valence-corrected chi connectivity index (χ3v) is 4.85. The van der Waals surface area contributed by atoms with E-state index in [1.54, 1.807) is 0 Å². The van der Waals surface area contributed by atoms with E-state index < -0.39 is 0 Å². The summed E-state index contributed by atoms with van der Waals surface area (Å²) in [5.41, 5.74) is 4.73. The molecule has 0 saturated carbocycles. The lowest BCUT2D eigenvalue weighted by molar-refractivity contribution is 0.0766. The number of carbonyl (C=O) groups excluding carboxylic acids is 1. The molecule has 134 valence electrons. The van der Waals surface area contributed by atoms with Crippen molar-refractivity contribution in [3.05, 3.63) is 59.8 Å². The van der Waals surface area contributed by atoms with Gasteiger partial charge in [-0.3, -0.25) is 9.78 Å². The topological polar surface area (TPSA) is 53.7 Å². The molecule has 26 heavy (non-hydrogen) atoms. The number of pyridine rings is 2. The summed E-state index contributed by atoms with van der Waals surface area (Å²) in [5.74, 6) is 0.0889. The third kappa shape index (κ3) is 3.27. The lowest BCUT2D eigenvalue weighted by Gasteiger charge is -2.24. The minimum atomic E-state index is 0.0889. The van der Waals surface area contributed by atoms with Crippen molar-refractivity contribution in [1.82, 2.24) is 19.3 Å². The van der Waals surface area contributed by atoms with Gasteiger partial charge in [-0.05, 0) is 44.5 Å². The molecule has 1 fully saturated rings. The van der Waals surface area contributed by atoms with Gasteiger partial charge in [-0.15, -0.1) is 0 Å². The Bertz CT molecular complexity index is 948. The molecule has 1 saturated heterocycles. The van der Waals surface area contributed by atoms with Crippen molar-refractivity contribution in [2.45, 2.75) is 20.3 Å². The molecule has 1 aliphatic heterocycles. The molecule has 4 heterocycles. The van der Waals surface area contributed by atoms with Crippen LogP contribution in [-0.2, 0) is 0 Å². The van der Waals surface area contributed by atoms with Gasteiger partial charge in [-0.25, -0.2) is 4.98 Å². The highest BCUT2D eigenvalue weighted by Gasteiger charge is 2.21. The third-order valence-electron chi connectivity index (χ3n) is 4.85. The molecule has 0 unspecified atom stereocenters. The minimum absolute atomic E-state index is 0.0889. The molecule has 1 amide bonds. The van der Waals surface area contributed by atoms with Gasteiger partial charge >= 0.3 is 0 Å². The Kier molecular flexibility index (Phi) is 4.32. The Morgan fingerprint density at radius 2 is 1.88 bits per heavy atom. The van der Waals surface area contributed by atoms with Crippen LogP contribution in [0.25, 0.3) is 5.65 Å². The molecule has 6 heteroatoms. The van der Waals surface area contributed by atoms with Gasteiger partial charge in [0.25, 0.3) is 5.91 Å². The first-order valence-corrected chi connectivity index (χ1v) is 9.02. The average Bonchev–Trinajstić information content (AvgIpc) is 2.84. The van der Waals surface area contributed by atoms with Crippen molar-refractivity contribution in [2.75, 3.05) is 31.1 Å². The summed E-state index contributed by atoms with van der Waals surface area (Å²) in [6.07, 6.45) is 6.63. The molecule has 0 radical (unpaired) electrons. The van der Waals surface area contributed by atoms with Gasteiger partial charge in [0, 0.05) is 56.2 Å². The van der Waals surface area contributed by atoms with Crippen molar-refractivity contribution >= 4 is 17.2 Å². The molecule has 1 aliphatic rings. The van der Waals surface area contributed by atoms with Crippen LogP contribution >= 0.6 is 0 Å². The Morgan fingerprint density at radius 1 is 1.00 bits per heavy atom. The number of fused-ring (bicyclic) bond motifs is 1. The van der Waals surface area contributed by atoms with Crippen LogP contribution in [0.15, 0.2) is 42.9 Å². The molecule has 0 spiro atoms. The first kappa shape index (κ1) is 16.6. The number of aromatic nitrogens is 3. The maximum Gasteiger partial charge on any atom is 0.255 e. The average molecular weight is 349 g/mol. The first-order chi connectivity index (χ1) is 12.6. The number of anilines is 1. The summed E-state index contributed by atoms with van der Waals surface area (Å²) in [6, 6.07) is 7.93. The standard InChI is InChI=1S/C20H23N5O/c1-15-12-18(6-7-21-15)23-8-3-9-24(11-10-23)20(26)17-4-5-19-22-16(2)13-25(19)14-17/h4-7,12-14H,3,8-11H2,1-2H3. The van der Waals surface area contributed by atoms with E-state index in [4.69, 9.17) is 0 Å². The number of nitrogens with zero attached hydrogens (tertiary/aromatic N) is 5. The number of imidazole rings is 1. The summed E-state index contributed by atoms with van der Waals surface area (Å²) in [5, 5.41) is 0. The van der Waals surface area contributed by atoms with Gasteiger partial charge in [-0.2, -0.15) is 0 Å². The zero-order valence-corrected chi connectivity index (χ0v) is 15.2. The highest BCUT2D eigenvalue weighted by molar-refractivity contribution is 5.94. The number of aryl methyl sites for hydroxylation is 2. The summed E-state index contributed by atoms with van der Waals surface area (Å²) in [7, 11) is 0. The first-order valence-electron chi connectivity index (χ1n) is 9.02. The summed E-state index contributed by atoms with van der Waals surface area (Å²) in [6.45, 7) is 7.25. The lowest BCUT2D eigenvalue weighted by Crippen LogP contribution is -2.35. The fourth-order valence-corrected chi connectivity index (χ4v) is 3.53. The Hall–Kier alpha value is -2.89. The molecule has 0 bridgehead atoms. The normalized spacial score (nSPS) is 15.3. The van der Waals surface area contributed by atoms with Crippen LogP contribution in [0.2, 0.25) is 0 Å². The fourth-order valence-electron chi connectivity index (χ4n) is 3.53. The van der Waals surface area contributed by atoms with E-state index in [9.17, 15) is 4.79 Å². The summed E-state index contributed by atoms with van der Waals surface area (Å²) in [4.78, 5) is 25.9. The van der Waals surface area contributed by atoms with Crippen LogP contribution < -0.4 is 4.90 Å². The monoisotopic (exact) mass is 349 g/mol. The second-order valence-electron chi connectivity index (χ2n) is 6.85. The molecular weight excluding hydrogens is 326 g/mol. The van der Waals surface area contributed by atoms with Crippen LogP contribution in [-0.4, -0.2) is 51.4 Å². The van der Waals surface area contributed by atoms with E-state index in [0.29, 0.717) is 5.56 Å². The molecule has 4 rings (SSSR count). The van der Waals surface area contributed by atoms with Gasteiger partial charge in [-0.1, -0.05) is 0 Å². The van der Waals surface area contributed by atoms with Gasteiger partial charge in [0.15, 0.2) is 0 Å². The smallest absolute Gasteiger partial charge is 0.255 e.